The van der Waals surface area contributed by atoms with Crippen molar-refractivity contribution in [1.82, 2.24) is 9.97 Å². The number of nitrogens with zero attached hydrogens (tertiary/aromatic N) is 1. The molecule has 0 saturated heterocycles. The molecule has 21 heavy (non-hydrogen) atoms. The number of nitrogen functional groups attached to an aromatic ring is 1. The fourth-order valence-corrected chi connectivity index (χ4v) is 2.82. The molecule has 1 heterocycles. The van der Waals surface area contributed by atoms with Crippen LogP contribution in [-0.2, 0) is 21.6 Å². The fourth-order valence-electron chi connectivity index (χ4n) is 2.82. The first-order chi connectivity index (χ1) is 9.88. The topological polar surface area (TPSA) is 118 Å². The Morgan fingerprint density at radius 3 is 2.62 bits per heavy atom. The highest BCUT2D eigenvalue weighted by Crippen LogP contribution is 2.40. The normalized spacial score (nSPS) is 25.7. The number of ether oxygens (including phenoxy) is 1. The molecule has 116 valence electrons. The molecule has 0 aromatic carbocycles. The van der Waals surface area contributed by atoms with Crippen LogP contribution in [0.3, 0.4) is 0 Å². The summed E-state index contributed by atoms with van der Waals surface area (Å²) in [6, 6.07) is 0. The number of aliphatic carboxylic acids is 1. The van der Waals surface area contributed by atoms with Gasteiger partial charge in [0.2, 0.25) is 0 Å². The number of hydrogen-bond acceptors (Lipinski definition) is 5. The first-order valence-electron chi connectivity index (χ1n) is 7.04. The van der Waals surface area contributed by atoms with E-state index < -0.39 is 23.6 Å². The van der Waals surface area contributed by atoms with Gasteiger partial charge in [-0.05, 0) is 31.6 Å². The van der Waals surface area contributed by atoms with Gasteiger partial charge in [0.25, 0.3) is 5.56 Å². The van der Waals surface area contributed by atoms with E-state index in [9.17, 15) is 9.59 Å². The second-order valence-electron chi connectivity index (χ2n) is 5.73. The van der Waals surface area contributed by atoms with Crippen LogP contribution in [0.15, 0.2) is 4.79 Å². The average Bonchev–Trinajstić information content (AvgIpc) is 2.44. The maximum absolute atomic E-state index is 12.1. The highest BCUT2D eigenvalue weighted by Gasteiger charge is 2.38. The zero-order valence-electron chi connectivity index (χ0n) is 12.3. The number of rotatable bonds is 4. The average molecular weight is 295 g/mol. The van der Waals surface area contributed by atoms with Crippen molar-refractivity contribution in [2.24, 2.45) is 5.92 Å². The molecule has 0 radical (unpaired) electrons. The number of anilines is 1. The second kappa shape index (κ2) is 5.85. The van der Waals surface area contributed by atoms with Crippen molar-refractivity contribution in [2.75, 3.05) is 12.8 Å². The maximum Gasteiger partial charge on any atom is 0.308 e. The number of carboxylic acids is 1. The zero-order chi connectivity index (χ0) is 15.6. The van der Waals surface area contributed by atoms with Crippen molar-refractivity contribution in [1.29, 1.82) is 0 Å². The van der Waals surface area contributed by atoms with Gasteiger partial charge >= 0.3 is 5.97 Å². The molecular weight excluding hydrogens is 274 g/mol. The minimum absolute atomic E-state index is 0.0123. The molecule has 1 aliphatic rings. The van der Waals surface area contributed by atoms with Gasteiger partial charge in [-0.15, -0.1) is 0 Å². The van der Waals surface area contributed by atoms with Crippen LogP contribution < -0.4 is 11.3 Å². The maximum atomic E-state index is 12.1. The fraction of sp³-hybridized carbons (Fsp3) is 0.643. The van der Waals surface area contributed by atoms with Crippen LogP contribution in [0, 0.1) is 5.92 Å². The Morgan fingerprint density at radius 2 is 2.14 bits per heavy atom. The third-order valence-electron chi connectivity index (χ3n) is 4.28. The number of carbonyl (C=O) groups is 1. The Labute approximate surface area is 122 Å². The van der Waals surface area contributed by atoms with E-state index in [0.29, 0.717) is 11.7 Å². The van der Waals surface area contributed by atoms with Gasteiger partial charge < -0.3 is 20.6 Å². The van der Waals surface area contributed by atoms with Gasteiger partial charge in [-0.1, -0.05) is 6.92 Å². The molecule has 2 rings (SSSR count). The predicted octanol–water partition coefficient (Wildman–Crippen LogP) is 1.03. The zero-order valence-corrected chi connectivity index (χ0v) is 12.3. The molecule has 1 aliphatic carbocycles. The summed E-state index contributed by atoms with van der Waals surface area (Å²) < 4.78 is 5.64. The van der Waals surface area contributed by atoms with E-state index in [0.717, 1.165) is 25.7 Å². The number of hydrogen-bond donors (Lipinski definition) is 3. The molecule has 4 N–H and O–H groups in total. The van der Waals surface area contributed by atoms with Gasteiger partial charge in [-0.25, -0.2) is 4.98 Å². The van der Waals surface area contributed by atoms with E-state index in [2.05, 4.69) is 16.9 Å². The molecule has 1 saturated carbocycles. The van der Waals surface area contributed by atoms with Crippen LogP contribution >= 0.6 is 0 Å². The number of aromatic nitrogens is 2. The Bertz CT molecular complexity index is 588. The molecule has 1 aromatic heterocycles. The Kier molecular flexibility index (Phi) is 4.32. The van der Waals surface area contributed by atoms with Crippen molar-refractivity contribution in [2.45, 2.75) is 44.6 Å². The van der Waals surface area contributed by atoms with Gasteiger partial charge in [0.05, 0.1) is 12.0 Å². The Morgan fingerprint density at radius 1 is 1.52 bits per heavy atom. The number of H-pyrrole nitrogens is 1. The van der Waals surface area contributed by atoms with E-state index in [1.807, 2.05) is 0 Å². The highest BCUT2D eigenvalue weighted by atomic mass is 16.5. The Balaban J connectivity index is 2.40. The summed E-state index contributed by atoms with van der Waals surface area (Å²) in [5.41, 5.74) is 4.61. The number of nitrogens with two attached hydrogens (primary N) is 1. The first kappa shape index (κ1) is 15.5. The van der Waals surface area contributed by atoms with Gasteiger partial charge in [-0.3, -0.25) is 9.59 Å². The van der Waals surface area contributed by atoms with Crippen LogP contribution in [0.1, 0.15) is 44.0 Å². The third-order valence-corrected chi connectivity index (χ3v) is 4.28. The molecule has 0 aliphatic heterocycles. The summed E-state index contributed by atoms with van der Waals surface area (Å²) in [6.07, 6.45) is 3.03. The van der Waals surface area contributed by atoms with Crippen LogP contribution in [0.2, 0.25) is 0 Å². The molecular formula is C14H21N3O4. The number of nitrogens with one attached hydrogen (secondary N) is 1. The van der Waals surface area contributed by atoms with Crippen molar-refractivity contribution in [3.63, 3.8) is 0 Å². The van der Waals surface area contributed by atoms with Crippen molar-refractivity contribution >= 4 is 11.8 Å². The lowest BCUT2D eigenvalue weighted by molar-refractivity contribution is -0.136. The standard InChI is InChI=1S/C14H21N3O4/c1-8-3-5-14(21-2,6-4-8)13-16-11(15)9(7-10(18)19)12(20)17-13/h8H,3-7H2,1-2H3,(H,18,19)(H3,15,16,17,20). The number of carboxylic acid groups (broad SMARTS) is 1. The largest absolute Gasteiger partial charge is 0.481 e. The molecule has 7 nitrogen and oxygen atoms in total. The van der Waals surface area contributed by atoms with E-state index in [-0.39, 0.29) is 11.4 Å². The van der Waals surface area contributed by atoms with Crippen LogP contribution in [0.25, 0.3) is 0 Å². The summed E-state index contributed by atoms with van der Waals surface area (Å²) >= 11 is 0. The molecule has 0 bridgehead atoms. The monoisotopic (exact) mass is 295 g/mol. The molecule has 0 atom stereocenters. The van der Waals surface area contributed by atoms with Crippen molar-refractivity contribution in [3.8, 4) is 0 Å². The SMILES string of the molecule is COC1(c2nc(N)c(CC(=O)O)c(=O)[nH]2)CCC(C)CC1. The second-order valence-corrected chi connectivity index (χ2v) is 5.73. The van der Waals surface area contributed by atoms with Gasteiger partial charge in [0, 0.05) is 7.11 Å². The van der Waals surface area contributed by atoms with Gasteiger partial charge in [0.15, 0.2) is 0 Å². The van der Waals surface area contributed by atoms with Crippen LogP contribution in [0.4, 0.5) is 5.82 Å². The smallest absolute Gasteiger partial charge is 0.308 e. The number of aromatic amines is 1. The highest BCUT2D eigenvalue weighted by molar-refractivity contribution is 5.71. The van der Waals surface area contributed by atoms with E-state index in [1.54, 1.807) is 7.11 Å². The summed E-state index contributed by atoms with van der Waals surface area (Å²) in [5.74, 6) is -0.141. The van der Waals surface area contributed by atoms with Crippen LogP contribution in [0.5, 0.6) is 0 Å². The van der Waals surface area contributed by atoms with Crippen molar-refractivity contribution < 1.29 is 14.6 Å². The molecule has 1 aromatic rings. The minimum Gasteiger partial charge on any atom is -0.481 e. The van der Waals surface area contributed by atoms with E-state index >= 15 is 0 Å². The minimum atomic E-state index is -1.12. The lowest BCUT2D eigenvalue weighted by Crippen LogP contribution is -2.37. The summed E-state index contributed by atoms with van der Waals surface area (Å²) in [7, 11) is 1.59. The van der Waals surface area contributed by atoms with E-state index in [4.69, 9.17) is 15.6 Å². The molecule has 0 amide bonds. The summed E-state index contributed by atoms with van der Waals surface area (Å²) in [6.45, 7) is 2.18. The predicted molar refractivity (Wildman–Crippen MR) is 76.9 cm³/mol. The number of methoxy groups -OCH3 is 1. The molecule has 0 spiro atoms. The van der Waals surface area contributed by atoms with Gasteiger partial charge in [-0.2, -0.15) is 0 Å². The summed E-state index contributed by atoms with van der Waals surface area (Å²) in [4.78, 5) is 29.7. The lowest BCUT2D eigenvalue weighted by Gasteiger charge is -2.37. The molecule has 1 fully saturated rings. The lowest BCUT2D eigenvalue weighted by atomic mass is 9.79. The molecule has 0 unspecified atom stereocenters. The Hall–Kier alpha value is -1.89. The van der Waals surface area contributed by atoms with Gasteiger partial charge in [0.1, 0.15) is 17.2 Å². The first-order valence-corrected chi connectivity index (χ1v) is 7.04. The van der Waals surface area contributed by atoms with Crippen LogP contribution in [-0.4, -0.2) is 28.2 Å². The van der Waals surface area contributed by atoms with E-state index in [1.165, 1.54) is 0 Å². The molecule has 7 heteroatoms. The summed E-state index contributed by atoms with van der Waals surface area (Å²) in [5, 5.41) is 8.80. The third kappa shape index (κ3) is 3.07. The quantitative estimate of drug-likeness (QED) is 0.763. The van der Waals surface area contributed by atoms with Crippen molar-refractivity contribution in [3.05, 3.63) is 21.7 Å².